The van der Waals surface area contributed by atoms with Gasteiger partial charge in [-0.25, -0.2) is 0 Å². The maximum atomic E-state index is 6.12. The molecule has 104 valence electrons. The Morgan fingerprint density at radius 3 is 2.95 bits per heavy atom. The number of hydrogen-bond acceptors (Lipinski definition) is 2. The van der Waals surface area contributed by atoms with Gasteiger partial charge in [0, 0.05) is 5.92 Å². The monoisotopic (exact) mass is 259 g/mol. The predicted molar refractivity (Wildman–Crippen MR) is 78.5 cm³/mol. The Kier molecular flexibility index (Phi) is 4.19. The molecule has 0 amide bonds. The van der Waals surface area contributed by atoms with Crippen molar-refractivity contribution in [1.29, 1.82) is 0 Å². The van der Waals surface area contributed by atoms with Gasteiger partial charge in [0.05, 0.1) is 12.7 Å². The molecule has 1 unspecified atom stereocenters. The zero-order chi connectivity index (χ0) is 13.1. The number of hydrogen-bond donors (Lipinski definition) is 1. The maximum Gasteiger partial charge on any atom is 0.0581 e. The van der Waals surface area contributed by atoms with Crippen LogP contribution in [0.25, 0.3) is 0 Å². The summed E-state index contributed by atoms with van der Waals surface area (Å²) in [7, 11) is 2.03. The van der Waals surface area contributed by atoms with E-state index < -0.39 is 0 Å². The molecule has 19 heavy (non-hydrogen) atoms. The van der Waals surface area contributed by atoms with Crippen molar-refractivity contribution in [3.63, 3.8) is 0 Å². The molecule has 0 saturated heterocycles. The summed E-state index contributed by atoms with van der Waals surface area (Å²) >= 11 is 0. The van der Waals surface area contributed by atoms with Gasteiger partial charge in [-0.2, -0.15) is 0 Å². The van der Waals surface area contributed by atoms with Crippen molar-refractivity contribution in [3.05, 3.63) is 35.4 Å². The molecule has 0 bridgehead atoms. The fourth-order valence-corrected chi connectivity index (χ4v) is 3.55. The third-order valence-corrected chi connectivity index (χ3v) is 4.71. The molecule has 0 radical (unpaired) electrons. The third kappa shape index (κ3) is 3.01. The van der Waals surface area contributed by atoms with Crippen molar-refractivity contribution in [2.45, 2.75) is 44.1 Å². The van der Waals surface area contributed by atoms with Crippen molar-refractivity contribution in [2.24, 2.45) is 5.92 Å². The maximum absolute atomic E-state index is 6.12. The molecular weight excluding hydrogens is 234 g/mol. The first kappa shape index (κ1) is 13.1. The zero-order valence-corrected chi connectivity index (χ0v) is 11.9. The molecule has 1 fully saturated rings. The Bertz CT molecular complexity index is 411. The van der Waals surface area contributed by atoms with Crippen molar-refractivity contribution in [2.75, 3.05) is 20.2 Å². The minimum absolute atomic E-state index is 0.521. The summed E-state index contributed by atoms with van der Waals surface area (Å²) in [6, 6.07) is 8.92. The number of rotatable bonds is 5. The summed E-state index contributed by atoms with van der Waals surface area (Å²) in [5.41, 5.74) is 3.09. The SMILES string of the molecule is CNCC1CC(OCC2CCCc3ccccc32)C1. The molecule has 2 aliphatic carbocycles. The Balaban J connectivity index is 1.49. The van der Waals surface area contributed by atoms with E-state index in [-0.39, 0.29) is 0 Å². The number of ether oxygens (including phenoxy) is 1. The first-order chi connectivity index (χ1) is 9.36. The Morgan fingerprint density at radius 1 is 1.26 bits per heavy atom. The molecule has 1 aromatic carbocycles. The molecule has 1 N–H and O–H groups in total. The number of nitrogens with one attached hydrogen (secondary N) is 1. The molecular formula is C17H25NO. The highest BCUT2D eigenvalue weighted by Crippen LogP contribution is 2.34. The molecule has 3 rings (SSSR count). The first-order valence-electron chi connectivity index (χ1n) is 7.71. The van der Waals surface area contributed by atoms with Gasteiger partial charge in [-0.1, -0.05) is 24.3 Å². The van der Waals surface area contributed by atoms with Crippen LogP contribution in [0.15, 0.2) is 24.3 Å². The molecule has 0 aromatic heterocycles. The van der Waals surface area contributed by atoms with E-state index in [1.807, 2.05) is 7.05 Å². The first-order valence-corrected chi connectivity index (χ1v) is 7.71. The molecule has 1 saturated carbocycles. The van der Waals surface area contributed by atoms with E-state index >= 15 is 0 Å². The van der Waals surface area contributed by atoms with Gasteiger partial charge in [-0.05, 0) is 62.7 Å². The van der Waals surface area contributed by atoms with Crippen LogP contribution in [0.5, 0.6) is 0 Å². The zero-order valence-electron chi connectivity index (χ0n) is 11.9. The van der Waals surface area contributed by atoms with Crippen LogP contribution in [-0.2, 0) is 11.2 Å². The van der Waals surface area contributed by atoms with Crippen LogP contribution >= 0.6 is 0 Å². The van der Waals surface area contributed by atoms with Crippen molar-refractivity contribution in [3.8, 4) is 0 Å². The van der Waals surface area contributed by atoms with Gasteiger partial charge in [0.2, 0.25) is 0 Å². The lowest BCUT2D eigenvalue weighted by Gasteiger charge is -2.36. The van der Waals surface area contributed by atoms with Crippen LogP contribution in [-0.4, -0.2) is 26.3 Å². The summed E-state index contributed by atoms with van der Waals surface area (Å²) in [4.78, 5) is 0. The van der Waals surface area contributed by atoms with E-state index in [1.165, 1.54) is 32.1 Å². The second-order valence-electron chi connectivity index (χ2n) is 6.14. The number of aryl methyl sites for hydroxylation is 1. The van der Waals surface area contributed by atoms with Gasteiger partial charge in [0.1, 0.15) is 0 Å². The van der Waals surface area contributed by atoms with E-state index in [4.69, 9.17) is 4.74 Å². The Morgan fingerprint density at radius 2 is 2.11 bits per heavy atom. The van der Waals surface area contributed by atoms with Gasteiger partial charge in [-0.15, -0.1) is 0 Å². The summed E-state index contributed by atoms with van der Waals surface area (Å²) in [5, 5.41) is 3.25. The van der Waals surface area contributed by atoms with Gasteiger partial charge < -0.3 is 10.1 Å². The average Bonchev–Trinajstić information content (AvgIpc) is 2.41. The highest BCUT2D eigenvalue weighted by molar-refractivity contribution is 5.32. The van der Waals surface area contributed by atoms with Crippen LogP contribution in [0.3, 0.4) is 0 Å². The number of fused-ring (bicyclic) bond motifs is 1. The summed E-state index contributed by atoms with van der Waals surface area (Å²) in [5.74, 6) is 1.47. The lowest BCUT2D eigenvalue weighted by Crippen LogP contribution is -2.37. The standard InChI is InChI=1S/C17H25NO/c1-18-11-13-9-16(10-13)19-12-15-7-4-6-14-5-2-3-8-17(14)15/h2-3,5,8,13,15-16,18H,4,6-7,9-12H2,1H3. The largest absolute Gasteiger partial charge is 0.378 e. The summed E-state index contributed by atoms with van der Waals surface area (Å²) < 4.78 is 6.12. The lowest BCUT2D eigenvalue weighted by atomic mass is 9.81. The van der Waals surface area contributed by atoms with Gasteiger partial charge in [-0.3, -0.25) is 0 Å². The van der Waals surface area contributed by atoms with E-state index in [2.05, 4.69) is 29.6 Å². The highest BCUT2D eigenvalue weighted by Gasteiger charge is 2.30. The minimum Gasteiger partial charge on any atom is -0.378 e. The third-order valence-electron chi connectivity index (χ3n) is 4.71. The van der Waals surface area contributed by atoms with E-state index in [0.717, 1.165) is 19.1 Å². The van der Waals surface area contributed by atoms with E-state index in [0.29, 0.717) is 12.0 Å². The predicted octanol–water partition coefficient (Wildman–Crippen LogP) is 3.12. The van der Waals surface area contributed by atoms with E-state index in [1.54, 1.807) is 11.1 Å². The molecule has 1 atom stereocenters. The van der Waals surface area contributed by atoms with Gasteiger partial charge >= 0.3 is 0 Å². The molecule has 0 aliphatic heterocycles. The van der Waals surface area contributed by atoms with Crippen LogP contribution in [0.4, 0.5) is 0 Å². The smallest absolute Gasteiger partial charge is 0.0581 e. The fourth-order valence-electron chi connectivity index (χ4n) is 3.55. The van der Waals surface area contributed by atoms with Crippen LogP contribution in [0.2, 0.25) is 0 Å². The molecule has 0 spiro atoms. The van der Waals surface area contributed by atoms with Crippen LogP contribution in [0.1, 0.15) is 42.7 Å². The number of benzene rings is 1. The van der Waals surface area contributed by atoms with Crippen molar-refractivity contribution < 1.29 is 4.74 Å². The summed E-state index contributed by atoms with van der Waals surface area (Å²) in [6.07, 6.45) is 6.87. The topological polar surface area (TPSA) is 21.3 Å². The summed E-state index contributed by atoms with van der Waals surface area (Å²) in [6.45, 7) is 2.07. The molecule has 2 heteroatoms. The van der Waals surface area contributed by atoms with Gasteiger partial charge in [0.15, 0.2) is 0 Å². The second-order valence-corrected chi connectivity index (χ2v) is 6.14. The van der Waals surface area contributed by atoms with Crippen LogP contribution in [0, 0.1) is 5.92 Å². The lowest BCUT2D eigenvalue weighted by molar-refractivity contribution is -0.0365. The van der Waals surface area contributed by atoms with Crippen molar-refractivity contribution in [1.82, 2.24) is 5.32 Å². The molecule has 2 nitrogen and oxygen atoms in total. The highest BCUT2D eigenvalue weighted by atomic mass is 16.5. The molecule has 2 aliphatic rings. The van der Waals surface area contributed by atoms with Crippen LogP contribution < -0.4 is 5.32 Å². The second kappa shape index (κ2) is 6.06. The molecule has 1 aromatic rings. The quantitative estimate of drug-likeness (QED) is 0.877. The van der Waals surface area contributed by atoms with Gasteiger partial charge in [0.25, 0.3) is 0 Å². The Hall–Kier alpha value is -0.860. The fraction of sp³-hybridized carbons (Fsp3) is 0.647. The molecule has 0 heterocycles. The van der Waals surface area contributed by atoms with Crippen molar-refractivity contribution >= 4 is 0 Å². The van der Waals surface area contributed by atoms with E-state index in [9.17, 15) is 0 Å². The Labute approximate surface area is 116 Å². The minimum atomic E-state index is 0.521. The normalized spacial score (nSPS) is 29.6. The average molecular weight is 259 g/mol.